The molecule has 0 fully saturated rings. The van der Waals surface area contributed by atoms with Crippen molar-refractivity contribution in [2.24, 2.45) is 5.73 Å². The number of carbonyl (C=O) groups excluding carboxylic acids is 1. The van der Waals surface area contributed by atoms with E-state index in [9.17, 15) is 18.0 Å². The molecule has 0 aliphatic heterocycles. The lowest BCUT2D eigenvalue weighted by atomic mass is 10.2. The molecule has 0 aliphatic carbocycles. The summed E-state index contributed by atoms with van der Waals surface area (Å²) in [5.74, 6) is -0.367. The summed E-state index contributed by atoms with van der Waals surface area (Å²) < 4.78 is 42.5. The van der Waals surface area contributed by atoms with Crippen LogP contribution >= 0.6 is 0 Å². The maximum atomic E-state index is 12.6. The van der Waals surface area contributed by atoms with E-state index in [4.69, 9.17) is 10.3 Å². The molecule has 0 saturated carbocycles. The van der Waals surface area contributed by atoms with Crippen molar-refractivity contribution >= 4 is 11.6 Å². The van der Waals surface area contributed by atoms with Gasteiger partial charge in [-0.1, -0.05) is 11.2 Å². The lowest BCUT2D eigenvalue weighted by Gasteiger charge is -2.08. The van der Waals surface area contributed by atoms with Crippen LogP contribution in [0.1, 0.15) is 34.8 Å². The molecule has 5 nitrogen and oxygen atoms in total. The number of benzene rings is 1. The van der Waals surface area contributed by atoms with Gasteiger partial charge in [0.25, 0.3) is 5.91 Å². The van der Waals surface area contributed by atoms with E-state index in [-0.39, 0.29) is 11.4 Å². The van der Waals surface area contributed by atoms with Crippen molar-refractivity contribution in [3.05, 3.63) is 47.3 Å². The highest BCUT2D eigenvalue weighted by atomic mass is 19.4. The van der Waals surface area contributed by atoms with Gasteiger partial charge >= 0.3 is 6.18 Å². The Bertz CT molecular complexity index is 650. The fourth-order valence-corrected chi connectivity index (χ4v) is 1.58. The minimum Gasteiger partial charge on any atom is -0.359 e. The standard InChI is InChI=1S/C13H12F3N3O2/c1-7(17)11-6-10(19-21-11)12(20)18-9-4-2-3-8(5-9)13(14,15)16/h2-7H,17H2,1H3,(H,18,20). The van der Waals surface area contributed by atoms with Crippen LogP contribution in [-0.2, 0) is 6.18 Å². The van der Waals surface area contributed by atoms with Crippen LogP contribution in [0.3, 0.4) is 0 Å². The maximum absolute atomic E-state index is 12.6. The largest absolute Gasteiger partial charge is 0.416 e. The molecular formula is C13H12F3N3O2. The molecule has 2 rings (SSSR count). The fourth-order valence-electron chi connectivity index (χ4n) is 1.58. The fraction of sp³-hybridized carbons (Fsp3) is 0.231. The molecular weight excluding hydrogens is 287 g/mol. The molecule has 0 aliphatic rings. The van der Waals surface area contributed by atoms with E-state index in [1.165, 1.54) is 18.2 Å². The van der Waals surface area contributed by atoms with Crippen molar-refractivity contribution in [3.63, 3.8) is 0 Å². The molecule has 1 atom stereocenters. The van der Waals surface area contributed by atoms with E-state index in [1.807, 2.05) is 0 Å². The molecule has 1 heterocycles. The zero-order valence-corrected chi connectivity index (χ0v) is 10.9. The van der Waals surface area contributed by atoms with Gasteiger partial charge < -0.3 is 15.6 Å². The second-order valence-corrected chi connectivity index (χ2v) is 4.44. The van der Waals surface area contributed by atoms with Gasteiger partial charge in [-0.3, -0.25) is 4.79 Å². The molecule has 21 heavy (non-hydrogen) atoms. The van der Waals surface area contributed by atoms with Crippen LogP contribution < -0.4 is 11.1 Å². The normalized spacial score (nSPS) is 13.0. The van der Waals surface area contributed by atoms with Crippen LogP contribution in [0.5, 0.6) is 0 Å². The number of alkyl halides is 3. The number of nitrogens with one attached hydrogen (secondary N) is 1. The minimum atomic E-state index is -4.48. The third-order valence-corrected chi connectivity index (χ3v) is 2.66. The first-order valence-corrected chi connectivity index (χ1v) is 5.98. The van der Waals surface area contributed by atoms with Gasteiger partial charge in [0.2, 0.25) is 0 Å². The zero-order valence-electron chi connectivity index (χ0n) is 10.9. The Hall–Kier alpha value is -2.35. The molecule has 1 unspecified atom stereocenters. The van der Waals surface area contributed by atoms with Crippen molar-refractivity contribution < 1.29 is 22.5 Å². The molecule has 2 aromatic rings. The molecule has 3 N–H and O–H groups in total. The van der Waals surface area contributed by atoms with Gasteiger partial charge in [-0.25, -0.2) is 0 Å². The van der Waals surface area contributed by atoms with Crippen LogP contribution in [-0.4, -0.2) is 11.1 Å². The summed E-state index contributed by atoms with van der Waals surface area (Å²) >= 11 is 0. The summed E-state index contributed by atoms with van der Waals surface area (Å²) in [7, 11) is 0. The predicted molar refractivity (Wildman–Crippen MR) is 68.5 cm³/mol. The number of aromatic nitrogens is 1. The highest BCUT2D eigenvalue weighted by Gasteiger charge is 2.30. The summed E-state index contributed by atoms with van der Waals surface area (Å²) in [6, 6.07) is 5.21. The summed E-state index contributed by atoms with van der Waals surface area (Å²) in [5, 5.41) is 5.84. The monoisotopic (exact) mass is 299 g/mol. The van der Waals surface area contributed by atoms with Crippen molar-refractivity contribution in [3.8, 4) is 0 Å². The van der Waals surface area contributed by atoms with Gasteiger partial charge in [-0.05, 0) is 25.1 Å². The molecule has 0 saturated heterocycles. The van der Waals surface area contributed by atoms with Crippen LogP contribution in [0, 0.1) is 0 Å². The molecule has 8 heteroatoms. The Morgan fingerprint density at radius 2 is 2.10 bits per heavy atom. The maximum Gasteiger partial charge on any atom is 0.416 e. The molecule has 0 bridgehead atoms. The first-order valence-electron chi connectivity index (χ1n) is 5.98. The number of nitrogens with zero attached hydrogens (tertiary/aromatic N) is 1. The van der Waals surface area contributed by atoms with Crippen LogP contribution in [0.2, 0.25) is 0 Å². The van der Waals surface area contributed by atoms with Gasteiger partial charge in [-0.2, -0.15) is 13.2 Å². The number of rotatable bonds is 3. The van der Waals surface area contributed by atoms with Gasteiger partial charge in [0.15, 0.2) is 11.5 Å². The Labute approximate surface area is 117 Å². The number of amides is 1. The summed E-state index contributed by atoms with van der Waals surface area (Å²) in [6.07, 6.45) is -4.48. The van der Waals surface area contributed by atoms with Crippen LogP contribution in [0.4, 0.5) is 18.9 Å². The lowest BCUT2D eigenvalue weighted by Crippen LogP contribution is -2.13. The topological polar surface area (TPSA) is 81.2 Å². The number of hydrogen-bond acceptors (Lipinski definition) is 4. The van der Waals surface area contributed by atoms with Gasteiger partial charge in [0.1, 0.15) is 0 Å². The van der Waals surface area contributed by atoms with Gasteiger partial charge in [0, 0.05) is 11.8 Å². The first kappa shape index (κ1) is 15.0. The lowest BCUT2D eigenvalue weighted by molar-refractivity contribution is -0.137. The van der Waals surface area contributed by atoms with E-state index >= 15 is 0 Å². The average Bonchev–Trinajstić information content (AvgIpc) is 2.88. The number of anilines is 1. The molecule has 1 aromatic heterocycles. The molecule has 1 amide bonds. The van der Waals surface area contributed by atoms with Crippen molar-refractivity contribution in [2.45, 2.75) is 19.1 Å². The molecule has 1 aromatic carbocycles. The second-order valence-electron chi connectivity index (χ2n) is 4.44. The Balaban J connectivity index is 2.15. The molecule has 0 radical (unpaired) electrons. The van der Waals surface area contributed by atoms with Crippen molar-refractivity contribution in [2.75, 3.05) is 5.32 Å². The van der Waals surface area contributed by atoms with E-state index in [1.54, 1.807) is 6.92 Å². The van der Waals surface area contributed by atoms with Crippen LogP contribution in [0.15, 0.2) is 34.9 Å². The third-order valence-electron chi connectivity index (χ3n) is 2.66. The summed E-state index contributed by atoms with van der Waals surface area (Å²) in [5.41, 5.74) is 4.66. The van der Waals surface area contributed by atoms with E-state index in [2.05, 4.69) is 10.5 Å². The smallest absolute Gasteiger partial charge is 0.359 e. The Morgan fingerprint density at radius 1 is 1.38 bits per heavy atom. The predicted octanol–water partition coefficient (Wildman–Crippen LogP) is 2.97. The van der Waals surface area contributed by atoms with E-state index in [0.29, 0.717) is 5.76 Å². The average molecular weight is 299 g/mol. The zero-order chi connectivity index (χ0) is 15.6. The molecule has 112 valence electrons. The number of halogens is 3. The third kappa shape index (κ3) is 3.60. The highest BCUT2D eigenvalue weighted by molar-refractivity contribution is 6.02. The second kappa shape index (κ2) is 5.57. The van der Waals surface area contributed by atoms with E-state index in [0.717, 1.165) is 12.1 Å². The Kier molecular flexibility index (Phi) is 3.99. The van der Waals surface area contributed by atoms with Gasteiger partial charge in [-0.15, -0.1) is 0 Å². The first-order chi connectivity index (χ1) is 9.77. The number of hydrogen-bond donors (Lipinski definition) is 2. The molecule has 0 spiro atoms. The highest BCUT2D eigenvalue weighted by Crippen LogP contribution is 2.30. The quantitative estimate of drug-likeness (QED) is 0.913. The van der Waals surface area contributed by atoms with Crippen molar-refractivity contribution in [1.29, 1.82) is 0 Å². The summed E-state index contributed by atoms with van der Waals surface area (Å²) in [4.78, 5) is 11.9. The minimum absolute atomic E-state index is 0.0140. The van der Waals surface area contributed by atoms with Crippen LogP contribution in [0.25, 0.3) is 0 Å². The Morgan fingerprint density at radius 3 is 2.67 bits per heavy atom. The number of carbonyl (C=O) groups is 1. The number of nitrogens with two attached hydrogens (primary N) is 1. The van der Waals surface area contributed by atoms with Crippen molar-refractivity contribution in [1.82, 2.24) is 5.16 Å². The van der Waals surface area contributed by atoms with E-state index < -0.39 is 23.7 Å². The van der Waals surface area contributed by atoms with Gasteiger partial charge in [0.05, 0.1) is 11.6 Å². The summed E-state index contributed by atoms with van der Waals surface area (Å²) in [6.45, 7) is 1.65. The SMILES string of the molecule is CC(N)c1cc(C(=O)Nc2cccc(C(F)(F)F)c2)no1.